The smallest absolute Gasteiger partial charge is 0.547 e. The first-order chi connectivity index (χ1) is 41.4. The minimum atomic E-state index is -2.31. The Morgan fingerprint density at radius 2 is 0.277 bits per heavy atom. The van der Waals surface area contributed by atoms with Crippen LogP contribution in [-0.2, 0) is 33.6 Å². The second-order valence-electron chi connectivity index (χ2n) is 17.5. The van der Waals surface area contributed by atoms with E-state index in [1.54, 1.807) is 0 Å². The Balaban J connectivity index is -0.000000109. The summed E-state index contributed by atoms with van der Waals surface area (Å²) in [5.41, 5.74) is 0. The van der Waals surface area contributed by atoms with Crippen LogP contribution >= 0.6 is 0 Å². The molecule has 0 aromatic carbocycles. The third-order valence-electron chi connectivity index (χ3n) is 10.5. The predicted octanol–water partition coefficient (Wildman–Crippen LogP) is -37.4. The molecule has 0 aromatic heterocycles. The number of aliphatic hydroxyl groups is 35. The van der Waals surface area contributed by atoms with Crippen LogP contribution in [0.3, 0.4) is 0 Å². The van der Waals surface area contributed by atoms with E-state index in [1.165, 1.54) is 0 Å². The topological polar surface area (TPSA) is 978 Å². The molecule has 0 radical (unpaired) electrons. The van der Waals surface area contributed by atoms with Crippen molar-refractivity contribution in [2.75, 3.05) is 46.2 Å². The summed E-state index contributed by atoms with van der Waals surface area (Å²) in [5, 5.41) is 368. The average molecular weight is 1440 g/mol. The minimum absolute atomic E-state index is 0. The van der Waals surface area contributed by atoms with Gasteiger partial charge in [-0.05, 0) is 0 Å². The molecular weight excluding hydrogens is 1360 g/mol. The molecule has 39 N–H and O–H groups in total. The molecule has 0 spiro atoms. The van der Waals surface area contributed by atoms with Crippen molar-refractivity contribution in [2.45, 2.75) is 171 Å². The van der Waals surface area contributed by atoms with Gasteiger partial charge in [-0.3, -0.25) is 0 Å². The van der Waals surface area contributed by atoms with Crippen molar-refractivity contribution in [3.8, 4) is 0 Å². The Morgan fingerprint density at radius 1 is 0.191 bits per heavy atom. The van der Waals surface area contributed by atoms with Gasteiger partial charge in [0.15, 0.2) is 24.4 Å². The fourth-order valence-electron chi connectivity index (χ4n) is 4.66. The van der Waals surface area contributed by atoms with Crippen LogP contribution in [0.1, 0.15) is 0 Å². The van der Waals surface area contributed by atoms with Gasteiger partial charge in [0.1, 0.15) is 146 Å². The molecule has 0 aromatic rings. The third-order valence-corrected chi connectivity index (χ3v) is 10.5. The summed E-state index contributed by atoms with van der Waals surface area (Å²) >= 11 is 0. The molecule has 0 aliphatic heterocycles. The van der Waals surface area contributed by atoms with Crippen molar-refractivity contribution in [3.63, 3.8) is 0 Å². The fraction of sp³-hybridized carbons (Fsp3) is 0.833. The van der Waals surface area contributed by atoms with E-state index >= 15 is 0 Å². The standard InChI is InChI=1S/7C6H12O7.3Na/c7*7-1-2(8)3(9)4(10)5(11)6(12)13;;;/h7*2-5,7-11H,1H2,(H,12,13);;;/q;;;;;;;3*+1/p-3/t7*2-,3-,4+,5-;;;/m1111111.../s1. The zero-order chi connectivity index (χ0) is 74.2. The summed E-state index contributed by atoms with van der Waals surface area (Å²) in [4.78, 5) is 70.3. The molecule has 0 amide bonds. The SMILES string of the molecule is O=C(O)[C@H](O)[C@@H](O)[C@H](O)[C@H](O)CO.O=C(O)[C@H](O)[C@@H](O)[C@H](O)[C@H](O)CO.O=C(O)[C@H](O)[C@@H](O)[C@H](O)[C@H](O)CO.O=C(O)[C@H](O)[C@@H](O)[C@H](O)[C@H](O)CO.O=C([O-])[C@H](O)[C@@H](O)[C@H](O)[C@H](O)CO.O=C([O-])[C@H](O)[C@@H](O)[C@H](O)[C@H](O)CO.O=C([O-])[C@H](O)[C@@H](O)[C@H](O)[C@H](O)CO.[Na+].[Na+].[Na+]. The van der Waals surface area contributed by atoms with E-state index in [2.05, 4.69) is 0 Å². The van der Waals surface area contributed by atoms with Gasteiger partial charge in [0.25, 0.3) is 0 Å². The third kappa shape index (κ3) is 46.3. The van der Waals surface area contributed by atoms with Gasteiger partial charge in [0.2, 0.25) is 0 Å². The molecule has 49 nitrogen and oxygen atoms in total. The minimum Gasteiger partial charge on any atom is -0.547 e. The first-order valence-corrected chi connectivity index (χ1v) is 24.3. The zero-order valence-electron chi connectivity index (χ0n) is 49.1. The molecule has 0 saturated heterocycles. The number of aliphatic hydroxyl groups excluding tert-OH is 35. The first-order valence-electron chi connectivity index (χ1n) is 24.3. The summed E-state index contributed by atoms with van der Waals surface area (Å²) < 4.78 is 0. The monoisotopic (exact) mass is 1440 g/mol. The molecule has 0 fully saturated rings. The summed E-state index contributed by atoms with van der Waals surface area (Å²) in [6.45, 7) is -5.96. The molecule has 0 bridgehead atoms. The van der Waals surface area contributed by atoms with E-state index < -0.39 is 259 Å². The molecule has 0 heterocycles. The Bertz CT molecular complexity index is 1590. The summed E-state index contributed by atoms with van der Waals surface area (Å²) in [7, 11) is 0. The molecule has 94 heavy (non-hydrogen) atoms. The summed E-state index contributed by atoms with van der Waals surface area (Å²) in [5.74, 6) is -12.8. The van der Waals surface area contributed by atoms with Crippen LogP contribution in [0.2, 0.25) is 0 Å². The molecule has 546 valence electrons. The molecule has 28 atom stereocenters. The maximum atomic E-state index is 10.1. The van der Waals surface area contributed by atoms with Crippen molar-refractivity contribution in [2.24, 2.45) is 0 Å². The fourth-order valence-corrected chi connectivity index (χ4v) is 4.66. The van der Waals surface area contributed by atoms with Crippen LogP contribution in [0.5, 0.6) is 0 Å². The van der Waals surface area contributed by atoms with Crippen LogP contribution < -0.4 is 104 Å². The summed E-state index contributed by atoms with van der Waals surface area (Å²) in [6.07, 6.45) is -55.6. The van der Waals surface area contributed by atoms with Crippen molar-refractivity contribution in [3.05, 3.63) is 0 Å². The van der Waals surface area contributed by atoms with Gasteiger partial charge in [-0.2, -0.15) is 0 Å². The average Bonchev–Trinajstić information content (AvgIpc) is 1.43. The van der Waals surface area contributed by atoms with E-state index in [0.717, 1.165) is 0 Å². The van der Waals surface area contributed by atoms with Gasteiger partial charge < -0.3 is 229 Å². The number of carbonyl (C=O) groups is 7. The second kappa shape index (κ2) is 60.8. The van der Waals surface area contributed by atoms with Gasteiger partial charge in [-0.15, -0.1) is 0 Å². The quantitative estimate of drug-likeness (QED) is 0.0262. The van der Waals surface area contributed by atoms with Crippen LogP contribution in [0, 0.1) is 0 Å². The molecule has 0 unspecified atom stereocenters. The molecule has 0 rings (SSSR count). The van der Waals surface area contributed by atoms with E-state index in [9.17, 15) is 48.9 Å². The van der Waals surface area contributed by atoms with Gasteiger partial charge in [-0.25, -0.2) is 19.2 Å². The summed E-state index contributed by atoms with van der Waals surface area (Å²) in [6, 6.07) is 0. The van der Waals surface area contributed by atoms with Crippen molar-refractivity contribution in [1.82, 2.24) is 0 Å². The number of carbonyl (C=O) groups excluding carboxylic acids is 3. The molecular formula is C42H81Na3O49. The van der Waals surface area contributed by atoms with Gasteiger partial charge in [0, 0.05) is 0 Å². The Kier molecular flexibility index (Phi) is 73.2. The van der Waals surface area contributed by atoms with Crippen LogP contribution in [0.15, 0.2) is 0 Å². The van der Waals surface area contributed by atoms with E-state index in [4.69, 9.17) is 199 Å². The van der Waals surface area contributed by atoms with Crippen LogP contribution in [0.25, 0.3) is 0 Å². The van der Waals surface area contributed by atoms with Gasteiger partial charge >= 0.3 is 113 Å². The second-order valence-corrected chi connectivity index (χ2v) is 17.5. The number of carboxylic acids is 7. The van der Waals surface area contributed by atoms with E-state index in [-0.39, 0.29) is 88.7 Å². The van der Waals surface area contributed by atoms with Gasteiger partial charge in [0.05, 0.1) is 64.2 Å². The molecule has 0 saturated carbocycles. The Labute approximate surface area is 591 Å². The molecule has 0 aliphatic rings. The molecule has 52 heteroatoms. The Morgan fingerprint density at radius 3 is 0.340 bits per heavy atom. The number of hydrogen-bond acceptors (Lipinski definition) is 45. The zero-order valence-corrected chi connectivity index (χ0v) is 55.1. The van der Waals surface area contributed by atoms with Crippen molar-refractivity contribution < 1.29 is 337 Å². The van der Waals surface area contributed by atoms with Crippen molar-refractivity contribution in [1.29, 1.82) is 0 Å². The van der Waals surface area contributed by atoms with Crippen LogP contribution in [-0.4, -0.2) is 458 Å². The maximum absolute atomic E-state index is 10.1. The number of aliphatic carboxylic acids is 7. The number of carboxylic acid groups (broad SMARTS) is 7. The number of hydrogen-bond donors (Lipinski definition) is 39. The largest absolute Gasteiger partial charge is 1.00 e. The van der Waals surface area contributed by atoms with Gasteiger partial charge in [-0.1, -0.05) is 0 Å². The number of rotatable bonds is 35. The van der Waals surface area contributed by atoms with E-state index in [1.807, 2.05) is 0 Å². The Hall–Kier alpha value is -2.11. The maximum Gasteiger partial charge on any atom is 1.00 e. The van der Waals surface area contributed by atoms with Crippen LogP contribution in [0.4, 0.5) is 0 Å². The predicted molar refractivity (Wildman–Crippen MR) is 263 cm³/mol. The molecule has 0 aliphatic carbocycles. The normalized spacial score (nSPS) is 19.7. The first kappa shape index (κ1) is 113. The van der Waals surface area contributed by atoms with E-state index in [0.29, 0.717) is 0 Å². The van der Waals surface area contributed by atoms with Crippen molar-refractivity contribution >= 4 is 41.8 Å².